The van der Waals surface area contributed by atoms with Gasteiger partial charge in [-0.05, 0) is 57.2 Å². The minimum Gasteiger partial charge on any atom is -0.399 e. The number of aromatic nitrogens is 2. The molecule has 7 heteroatoms. The Bertz CT molecular complexity index is 1030. The van der Waals surface area contributed by atoms with E-state index in [-0.39, 0.29) is 11.4 Å². The van der Waals surface area contributed by atoms with E-state index in [0.717, 1.165) is 35.5 Å². The molecule has 152 valence electrons. The summed E-state index contributed by atoms with van der Waals surface area (Å²) in [5.41, 5.74) is 9.04. The van der Waals surface area contributed by atoms with Crippen molar-refractivity contribution in [1.29, 1.82) is 0 Å². The molecule has 4 rings (SSSR count). The number of H-pyrrole nitrogens is 1. The third-order valence-corrected chi connectivity index (χ3v) is 5.04. The van der Waals surface area contributed by atoms with Gasteiger partial charge in [0.1, 0.15) is 5.69 Å². The average Bonchev–Trinajstić information content (AvgIpc) is 3.10. The minimum absolute atomic E-state index is 0.0217. The van der Waals surface area contributed by atoms with Crippen molar-refractivity contribution in [3.05, 3.63) is 48.3 Å². The van der Waals surface area contributed by atoms with Gasteiger partial charge in [-0.1, -0.05) is 0 Å². The van der Waals surface area contributed by atoms with Crippen LogP contribution >= 0.6 is 0 Å². The fourth-order valence-electron chi connectivity index (χ4n) is 3.71. The zero-order valence-corrected chi connectivity index (χ0v) is 17.2. The number of hydrogen-bond acceptors (Lipinski definition) is 5. The molecule has 1 aliphatic rings. The number of aromatic amines is 1. The fraction of sp³-hybridized carbons (Fsp3) is 0.364. The first kappa shape index (κ1) is 19.1. The standard InChI is InChI=1S/C22H28N6O/c1-22(2,3)26-18-5-4-8-24-20(18)27-9-11-28(12-10-27)21(29)19-14-15-13-16(23)6-7-17(15)25-19/h4-8,13-14,25-26H,9-12,23H2,1-3H3. The van der Waals surface area contributed by atoms with E-state index < -0.39 is 0 Å². The number of hydrogen-bond donors (Lipinski definition) is 3. The van der Waals surface area contributed by atoms with Crippen LogP contribution in [0.25, 0.3) is 10.9 Å². The number of benzene rings is 1. The van der Waals surface area contributed by atoms with E-state index in [1.165, 1.54) is 0 Å². The second-order valence-corrected chi connectivity index (χ2v) is 8.56. The summed E-state index contributed by atoms with van der Waals surface area (Å²) in [5.74, 6) is 0.962. The summed E-state index contributed by atoms with van der Waals surface area (Å²) >= 11 is 0. The minimum atomic E-state index is -0.0470. The first-order valence-corrected chi connectivity index (χ1v) is 9.96. The number of anilines is 3. The van der Waals surface area contributed by atoms with Crippen LogP contribution in [0.3, 0.4) is 0 Å². The number of nitrogen functional groups attached to an aromatic ring is 1. The molecule has 7 nitrogen and oxygen atoms in total. The van der Waals surface area contributed by atoms with Gasteiger partial charge < -0.3 is 25.8 Å². The fourth-order valence-corrected chi connectivity index (χ4v) is 3.71. The SMILES string of the molecule is CC(C)(C)Nc1cccnc1N1CCN(C(=O)c2cc3cc(N)ccc3[nH]2)CC1. The average molecular weight is 393 g/mol. The Labute approximate surface area is 170 Å². The second-order valence-electron chi connectivity index (χ2n) is 8.56. The molecule has 1 amide bonds. The number of carbonyl (C=O) groups excluding carboxylic acids is 1. The normalized spacial score (nSPS) is 15.0. The highest BCUT2D eigenvalue weighted by molar-refractivity contribution is 5.98. The van der Waals surface area contributed by atoms with Gasteiger partial charge in [-0.25, -0.2) is 4.98 Å². The van der Waals surface area contributed by atoms with Gasteiger partial charge in [0, 0.05) is 54.5 Å². The van der Waals surface area contributed by atoms with E-state index in [9.17, 15) is 4.79 Å². The predicted octanol–water partition coefficient (Wildman–Crippen LogP) is 3.32. The predicted molar refractivity (Wildman–Crippen MR) is 118 cm³/mol. The number of fused-ring (bicyclic) bond motifs is 1. The van der Waals surface area contributed by atoms with Crippen molar-refractivity contribution in [2.24, 2.45) is 0 Å². The highest BCUT2D eigenvalue weighted by atomic mass is 16.2. The highest BCUT2D eigenvalue weighted by Gasteiger charge is 2.25. The summed E-state index contributed by atoms with van der Waals surface area (Å²) in [6.45, 7) is 9.20. The van der Waals surface area contributed by atoms with Crippen molar-refractivity contribution in [3.8, 4) is 0 Å². The largest absolute Gasteiger partial charge is 0.399 e. The van der Waals surface area contributed by atoms with Crippen molar-refractivity contribution in [1.82, 2.24) is 14.9 Å². The molecule has 0 unspecified atom stereocenters. The van der Waals surface area contributed by atoms with E-state index in [1.807, 2.05) is 41.4 Å². The summed E-state index contributed by atoms with van der Waals surface area (Å²) in [7, 11) is 0. The van der Waals surface area contributed by atoms with Crippen LogP contribution in [0.5, 0.6) is 0 Å². The van der Waals surface area contributed by atoms with Crippen LogP contribution < -0.4 is 16.0 Å². The van der Waals surface area contributed by atoms with Crippen LogP contribution in [-0.4, -0.2) is 52.5 Å². The zero-order valence-electron chi connectivity index (χ0n) is 17.2. The second kappa shape index (κ2) is 7.31. The van der Waals surface area contributed by atoms with E-state index in [4.69, 9.17) is 5.73 Å². The van der Waals surface area contributed by atoms with Gasteiger partial charge in [-0.3, -0.25) is 4.79 Å². The van der Waals surface area contributed by atoms with Crippen molar-refractivity contribution in [2.45, 2.75) is 26.3 Å². The van der Waals surface area contributed by atoms with Crippen LogP contribution in [-0.2, 0) is 0 Å². The van der Waals surface area contributed by atoms with Crippen LogP contribution in [0.1, 0.15) is 31.3 Å². The number of amides is 1. The van der Waals surface area contributed by atoms with Crippen LogP contribution in [0.4, 0.5) is 17.2 Å². The van der Waals surface area contributed by atoms with Gasteiger partial charge in [0.15, 0.2) is 5.82 Å². The van der Waals surface area contributed by atoms with E-state index in [0.29, 0.717) is 24.5 Å². The van der Waals surface area contributed by atoms with E-state index in [1.54, 1.807) is 0 Å². The molecule has 1 aromatic carbocycles. The first-order valence-electron chi connectivity index (χ1n) is 9.96. The van der Waals surface area contributed by atoms with Crippen LogP contribution in [0.15, 0.2) is 42.6 Å². The molecular weight excluding hydrogens is 364 g/mol. The van der Waals surface area contributed by atoms with Crippen molar-refractivity contribution in [3.63, 3.8) is 0 Å². The summed E-state index contributed by atoms with van der Waals surface area (Å²) in [5, 5.41) is 4.48. The number of nitrogens with two attached hydrogens (primary N) is 1. The molecule has 0 bridgehead atoms. The van der Waals surface area contributed by atoms with Gasteiger partial charge in [-0.2, -0.15) is 0 Å². The summed E-state index contributed by atoms with van der Waals surface area (Å²) < 4.78 is 0. The lowest BCUT2D eigenvalue weighted by molar-refractivity contribution is 0.0741. The van der Waals surface area contributed by atoms with Crippen molar-refractivity contribution >= 4 is 34.0 Å². The number of pyridine rings is 1. The quantitative estimate of drug-likeness (QED) is 0.595. The Morgan fingerprint density at radius 1 is 1.14 bits per heavy atom. The topological polar surface area (TPSA) is 90.3 Å². The Morgan fingerprint density at radius 2 is 1.90 bits per heavy atom. The Kier molecular flexibility index (Phi) is 4.82. The number of nitrogens with zero attached hydrogens (tertiary/aromatic N) is 3. The van der Waals surface area contributed by atoms with Crippen molar-refractivity contribution in [2.75, 3.05) is 42.1 Å². The van der Waals surface area contributed by atoms with Gasteiger partial charge in [0.2, 0.25) is 0 Å². The molecule has 29 heavy (non-hydrogen) atoms. The molecule has 0 spiro atoms. The molecule has 0 radical (unpaired) electrons. The van der Waals surface area contributed by atoms with Crippen molar-refractivity contribution < 1.29 is 4.79 Å². The lowest BCUT2D eigenvalue weighted by atomic mass is 10.1. The van der Waals surface area contributed by atoms with Gasteiger partial charge in [0.05, 0.1) is 5.69 Å². The maximum atomic E-state index is 13.0. The molecule has 3 heterocycles. The lowest BCUT2D eigenvalue weighted by Gasteiger charge is -2.36. The van der Waals surface area contributed by atoms with Gasteiger partial charge >= 0.3 is 0 Å². The summed E-state index contributed by atoms with van der Waals surface area (Å²) in [6.07, 6.45) is 1.82. The van der Waals surface area contributed by atoms with E-state index in [2.05, 4.69) is 47.0 Å². The molecular formula is C22H28N6O. The molecule has 0 saturated carbocycles. The number of nitrogens with one attached hydrogen (secondary N) is 2. The smallest absolute Gasteiger partial charge is 0.270 e. The number of piperazine rings is 1. The molecule has 1 saturated heterocycles. The lowest BCUT2D eigenvalue weighted by Crippen LogP contribution is -2.49. The maximum absolute atomic E-state index is 13.0. The maximum Gasteiger partial charge on any atom is 0.270 e. The third kappa shape index (κ3) is 4.13. The Morgan fingerprint density at radius 3 is 2.62 bits per heavy atom. The molecule has 0 aliphatic carbocycles. The summed E-state index contributed by atoms with van der Waals surface area (Å²) in [4.78, 5) is 24.9. The van der Waals surface area contributed by atoms with Crippen LogP contribution in [0.2, 0.25) is 0 Å². The molecule has 0 atom stereocenters. The third-order valence-electron chi connectivity index (χ3n) is 5.04. The molecule has 1 aliphatic heterocycles. The molecule has 2 aromatic heterocycles. The highest BCUT2D eigenvalue weighted by Crippen LogP contribution is 2.27. The summed E-state index contributed by atoms with van der Waals surface area (Å²) in [6, 6.07) is 11.5. The monoisotopic (exact) mass is 392 g/mol. The first-order chi connectivity index (χ1) is 13.8. The molecule has 1 fully saturated rings. The molecule has 3 aromatic rings. The number of rotatable bonds is 3. The van der Waals surface area contributed by atoms with Gasteiger partial charge in [-0.15, -0.1) is 0 Å². The Balaban J connectivity index is 1.46. The van der Waals surface area contributed by atoms with E-state index >= 15 is 0 Å². The van der Waals surface area contributed by atoms with Gasteiger partial charge in [0.25, 0.3) is 5.91 Å². The molecule has 4 N–H and O–H groups in total. The Hall–Kier alpha value is -3.22. The van der Waals surface area contributed by atoms with Crippen LogP contribution in [0, 0.1) is 0 Å². The zero-order chi connectivity index (χ0) is 20.6. The number of carbonyl (C=O) groups is 1.